The van der Waals surface area contributed by atoms with E-state index in [4.69, 9.17) is 4.74 Å². The molecule has 7 heteroatoms. The fourth-order valence-electron chi connectivity index (χ4n) is 3.71. The monoisotopic (exact) mass is 420 g/mol. The molecule has 1 fully saturated rings. The van der Waals surface area contributed by atoms with Crippen molar-refractivity contribution in [2.75, 3.05) is 29.9 Å². The number of rotatable bonds is 6. The van der Waals surface area contributed by atoms with Gasteiger partial charge in [-0.15, -0.1) is 0 Å². The van der Waals surface area contributed by atoms with Crippen molar-refractivity contribution >= 4 is 17.4 Å². The van der Waals surface area contributed by atoms with Crippen LogP contribution in [0.4, 0.5) is 15.9 Å². The van der Waals surface area contributed by atoms with Crippen LogP contribution in [-0.4, -0.2) is 35.6 Å². The third-order valence-electron chi connectivity index (χ3n) is 5.29. The Kier molecular flexibility index (Phi) is 6.40. The number of piperidine rings is 1. The van der Waals surface area contributed by atoms with Crippen LogP contribution < -0.4 is 15.0 Å². The van der Waals surface area contributed by atoms with E-state index >= 15 is 0 Å². The molecule has 31 heavy (non-hydrogen) atoms. The summed E-state index contributed by atoms with van der Waals surface area (Å²) in [5.41, 5.74) is 1.51. The van der Waals surface area contributed by atoms with E-state index in [1.807, 2.05) is 37.3 Å². The molecular weight excluding hydrogens is 395 g/mol. The highest BCUT2D eigenvalue weighted by molar-refractivity contribution is 5.93. The molecule has 0 bridgehead atoms. The van der Waals surface area contributed by atoms with Crippen molar-refractivity contribution in [3.8, 4) is 17.1 Å². The second-order valence-electron chi connectivity index (χ2n) is 7.48. The summed E-state index contributed by atoms with van der Waals surface area (Å²) >= 11 is 0. The summed E-state index contributed by atoms with van der Waals surface area (Å²) in [7, 11) is 0. The summed E-state index contributed by atoms with van der Waals surface area (Å²) in [5, 5.41) is 3.01. The highest BCUT2D eigenvalue weighted by atomic mass is 19.1. The van der Waals surface area contributed by atoms with Gasteiger partial charge in [0.2, 0.25) is 5.91 Å². The molecule has 1 aliphatic rings. The number of halogens is 1. The fraction of sp³-hybridized carbons (Fsp3) is 0.292. The maximum atomic E-state index is 13.2. The van der Waals surface area contributed by atoms with Crippen molar-refractivity contribution in [2.24, 2.45) is 5.92 Å². The summed E-state index contributed by atoms with van der Waals surface area (Å²) < 4.78 is 18.7. The zero-order valence-corrected chi connectivity index (χ0v) is 17.4. The lowest BCUT2D eigenvalue weighted by Gasteiger charge is -2.33. The predicted octanol–water partition coefficient (Wildman–Crippen LogP) is 4.54. The average Bonchev–Trinajstić information content (AvgIpc) is 2.81. The van der Waals surface area contributed by atoms with Crippen LogP contribution in [-0.2, 0) is 4.79 Å². The topological polar surface area (TPSA) is 67.3 Å². The maximum Gasteiger partial charge on any atom is 0.229 e. The average molecular weight is 420 g/mol. The quantitative estimate of drug-likeness (QED) is 0.634. The highest BCUT2D eigenvalue weighted by Crippen LogP contribution is 2.25. The number of ether oxygens (including phenoxy) is 1. The highest BCUT2D eigenvalue weighted by Gasteiger charge is 2.27. The molecule has 1 aliphatic heterocycles. The minimum Gasteiger partial charge on any atom is -0.494 e. The van der Waals surface area contributed by atoms with Crippen molar-refractivity contribution in [3.05, 3.63) is 66.6 Å². The molecule has 1 amide bonds. The number of hydrogen-bond acceptors (Lipinski definition) is 5. The molecule has 160 valence electrons. The minimum absolute atomic E-state index is 0.00155. The van der Waals surface area contributed by atoms with Crippen molar-refractivity contribution in [1.82, 2.24) is 9.97 Å². The van der Waals surface area contributed by atoms with Gasteiger partial charge in [0.25, 0.3) is 0 Å². The van der Waals surface area contributed by atoms with Gasteiger partial charge in [-0.2, -0.15) is 0 Å². The number of carbonyl (C=O) groups is 1. The summed E-state index contributed by atoms with van der Waals surface area (Å²) in [6, 6.07) is 15.4. The van der Waals surface area contributed by atoms with Crippen molar-refractivity contribution in [1.29, 1.82) is 0 Å². The van der Waals surface area contributed by atoms with Gasteiger partial charge in [-0.3, -0.25) is 4.79 Å². The first-order chi connectivity index (χ1) is 15.1. The number of benzene rings is 2. The first kappa shape index (κ1) is 20.8. The van der Waals surface area contributed by atoms with Crippen molar-refractivity contribution in [2.45, 2.75) is 19.8 Å². The lowest BCUT2D eigenvalue weighted by Crippen LogP contribution is -2.41. The van der Waals surface area contributed by atoms with Gasteiger partial charge in [0, 0.05) is 30.5 Å². The van der Waals surface area contributed by atoms with E-state index in [1.165, 1.54) is 12.1 Å². The van der Waals surface area contributed by atoms with E-state index < -0.39 is 0 Å². The molecule has 2 aromatic carbocycles. The SMILES string of the molecule is CCOc1ccc(NC(=O)[C@H]2CCCN(c3ccnc(-c4ccc(F)cc4)n3)C2)cc1. The second-order valence-corrected chi connectivity index (χ2v) is 7.48. The number of hydrogen-bond donors (Lipinski definition) is 1. The number of nitrogens with zero attached hydrogens (tertiary/aromatic N) is 3. The van der Waals surface area contributed by atoms with E-state index in [0.29, 0.717) is 19.0 Å². The minimum atomic E-state index is -0.294. The molecule has 0 unspecified atom stereocenters. The Hall–Kier alpha value is -3.48. The number of carbonyl (C=O) groups excluding carboxylic acids is 1. The molecule has 1 saturated heterocycles. The Bertz CT molecular complexity index is 1020. The van der Waals surface area contributed by atoms with Gasteiger partial charge in [-0.1, -0.05) is 0 Å². The Balaban J connectivity index is 1.42. The Morgan fingerprint density at radius 2 is 1.94 bits per heavy atom. The van der Waals surface area contributed by atoms with E-state index in [9.17, 15) is 9.18 Å². The van der Waals surface area contributed by atoms with Crippen LogP contribution in [0.25, 0.3) is 11.4 Å². The fourth-order valence-corrected chi connectivity index (χ4v) is 3.71. The number of amides is 1. The Labute approximate surface area is 181 Å². The molecule has 1 aromatic heterocycles. The Morgan fingerprint density at radius 3 is 2.68 bits per heavy atom. The molecule has 0 radical (unpaired) electrons. The van der Waals surface area contributed by atoms with Gasteiger partial charge < -0.3 is 15.0 Å². The molecule has 4 rings (SSSR count). The molecular formula is C24H25FN4O2. The Morgan fingerprint density at radius 1 is 1.16 bits per heavy atom. The summed E-state index contributed by atoms with van der Waals surface area (Å²) in [6.45, 7) is 3.95. The number of aromatic nitrogens is 2. The normalized spacial score (nSPS) is 16.1. The smallest absolute Gasteiger partial charge is 0.229 e. The zero-order valence-electron chi connectivity index (χ0n) is 17.4. The summed E-state index contributed by atoms with van der Waals surface area (Å²) in [4.78, 5) is 23.9. The second kappa shape index (κ2) is 9.55. The molecule has 2 heterocycles. The summed E-state index contributed by atoms with van der Waals surface area (Å²) in [5.74, 6) is 1.67. The van der Waals surface area contributed by atoms with Gasteiger partial charge in [-0.05, 0) is 74.4 Å². The van der Waals surface area contributed by atoms with Gasteiger partial charge in [-0.25, -0.2) is 14.4 Å². The predicted molar refractivity (Wildman–Crippen MR) is 119 cm³/mol. The van der Waals surface area contributed by atoms with Gasteiger partial charge >= 0.3 is 0 Å². The van der Waals surface area contributed by atoms with Crippen LogP contribution in [0.3, 0.4) is 0 Å². The van der Waals surface area contributed by atoms with Crippen LogP contribution in [0.15, 0.2) is 60.8 Å². The summed E-state index contributed by atoms with van der Waals surface area (Å²) in [6.07, 6.45) is 3.43. The van der Waals surface area contributed by atoms with E-state index in [2.05, 4.69) is 20.2 Å². The molecule has 0 spiro atoms. The van der Waals surface area contributed by atoms with Gasteiger partial charge in [0.1, 0.15) is 17.4 Å². The molecule has 0 saturated carbocycles. The molecule has 1 N–H and O–H groups in total. The van der Waals surface area contributed by atoms with Crippen LogP contribution in [0.5, 0.6) is 5.75 Å². The number of nitrogens with one attached hydrogen (secondary N) is 1. The van der Waals surface area contributed by atoms with E-state index in [-0.39, 0.29) is 17.6 Å². The van der Waals surface area contributed by atoms with E-state index in [0.717, 1.165) is 42.2 Å². The van der Waals surface area contributed by atoms with Crippen LogP contribution in [0.1, 0.15) is 19.8 Å². The molecule has 1 atom stereocenters. The lowest BCUT2D eigenvalue weighted by atomic mass is 9.97. The molecule has 3 aromatic rings. The van der Waals surface area contributed by atoms with Crippen molar-refractivity contribution in [3.63, 3.8) is 0 Å². The van der Waals surface area contributed by atoms with Crippen molar-refractivity contribution < 1.29 is 13.9 Å². The zero-order chi connectivity index (χ0) is 21.6. The van der Waals surface area contributed by atoms with Crippen LogP contribution >= 0.6 is 0 Å². The standard InChI is InChI=1S/C24H25FN4O2/c1-2-31-21-11-9-20(10-12-21)27-24(30)18-4-3-15-29(16-18)22-13-14-26-23(28-22)17-5-7-19(25)8-6-17/h5-14,18H,2-4,15-16H2,1H3,(H,27,30)/t18-/m0/s1. The first-order valence-corrected chi connectivity index (χ1v) is 10.5. The lowest BCUT2D eigenvalue weighted by molar-refractivity contribution is -0.120. The number of anilines is 2. The van der Waals surface area contributed by atoms with Crippen LogP contribution in [0, 0.1) is 11.7 Å². The largest absolute Gasteiger partial charge is 0.494 e. The van der Waals surface area contributed by atoms with Gasteiger partial charge in [0.05, 0.1) is 12.5 Å². The van der Waals surface area contributed by atoms with Gasteiger partial charge in [0.15, 0.2) is 5.82 Å². The molecule has 0 aliphatic carbocycles. The van der Waals surface area contributed by atoms with E-state index in [1.54, 1.807) is 18.3 Å². The first-order valence-electron chi connectivity index (χ1n) is 10.5. The van der Waals surface area contributed by atoms with Crippen LogP contribution in [0.2, 0.25) is 0 Å². The third-order valence-corrected chi connectivity index (χ3v) is 5.29. The maximum absolute atomic E-state index is 13.2. The molecule has 6 nitrogen and oxygen atoms in total. The third kappa shape index (κ3) is 5.17.